The van der Waals surface area contributed by atoms with E-state index >= 15 is 0 Å². The van der Waals surface area contributed by atoms with Gasteiger partial charge in [0.25, 0.3) is 0 Å². The zero-order valence-corrected chi connectivity index (χ0v) is 11.8. The SMILES string of the molecule is O=C(O)CN1CCN(Cc2ccccc2C2CC2)CC1. The molecule has 0 aromatic heterocycles. The summed E-state index contributed by atoms with van der Waals surface area (Å²) in [7, 11) is 0. The molecule has 1 N–H and O–H groups in total. The molecule has 3 rings (SSSR count). The van der Waals surface area contributed by atoms with Crippen LogP contribution in [0.4, 0.5) is 0 Å². The highest BCUT2D eigenvalue weighted by Crippen LogP contribution is 2.41. The van der Waals surface area contributed by atoms with Crippen molar-refractivity contribution in [2.45, 2.75) is 25.3 Å². The Hall–Kier alpha value is -1.39. The fourth-order valence-electron chi connectivity index (χ4n) is 3.01. The molecular weight excluding hydrogens is 252 g/mol. The molecule has 2 fully saturated rings. The molecule has 4 nitrogen and oxygen atoms in total. The third-order valence-electron chi connectivity index (χ3n) is 4.29. The van der Waals surface area contributed by atoms with E-state index in [9.17, 15) is 4.79 Å². The van der Waals surface area contributed by atoms with Gasteiger partial charge in [0.2, 0.25) is 0 Å². The number of carboxylic acid groups (broad SMARTS) is 1. The minimum absolute atomic E-state index is 0.173. The number of hydrogen-bond acceptors (Lipinski definition) is 3. The van der Waals surface area contributed by atoms with Crippen molar-refractivity contribution >= 4 is 5.97 Å². The number of benzene rings is 1. The molecule has 0 spiro atoms. The summed E-state index contributed by atoms with van der Waals surface area (Å²) in [6.07, 6.45) is 2.67. The highest BCUT2D eigenvalue weighted by atomic mass is 16.4. The largest absolute Gasteiger partial charge is 0.480 e. The van der Waals surface area contributed by atoms with E-state index in [1.807, 2.05) is 4.90 Å². The molecule has 0 atom stereocenters. The monoisotopic (exact) mass is 274 g/mol. The first-order valence-electron chi connectivity index (χ1n) is 7.46. The van der Waals surface area contributed by atoms with Crippen LogP contribution in [0.15, 0.2) is 24.3 Å². The third kappa shape index (κ3) is 3.38. The van der Waals surface area contributed by atoms with E-state index in [4.69, 9.17) is 5.11 Å². The van der Waals surface area contributed by atoms with Gasteiger partial charge in [-0.3, -0.25) is 14.6 Å². The zero-order valence-electron chi connectivity index (χ0n) is 11.8. The zero-order chi connectivity index (χ0) is 13.9. The van der Waals surface area contributed by atoms with Gasteiger partial charge in [0.05, 0.1) is 6.54 Å². The topological polar surface area (TPSA) is 43.8 Å². The molecule has 0 unspecified atom stereocenters. The normalized spacial score (nSPS) is 21.0. The van der Waals surface area contributed by atoms with Crippen molar-refractivity contribution in [2.75, 3.05) is 32.7 Å². The van der Waals surface area contributed by atoms with Crippen LogP contribution in [0.2, 0.25) is 0 Å². The summed E-state index contributed by atoms with van der Waals surface area (Å²) in [5, 5.41) is 8.82. The Morgan fingerprint density at radius 3 is 2.40 bits per heavy atom. The van der Waals surface area contributed by atoms with Crippen LogP contribution in [0.1, 0.15) is 29.9 Å². The molecule has 1 aliphatic carbocycles. The molecule has 108 valence electrons. The molecule has 0 bridgehead atoms. The Morgan fingerprint density at radius 1 is 1.10 bits per heavy atom. The molecule has 20 heavy (non-hydrogen) atoms. The van der Waals surface area contributed by atoms with Crippen LogP contribution >= 0.6 is 0 Å². The second kappa shape index (κ2) is 5.94. The summed E-state index contributed by atoms with van der Waals surface area (Å²) in [5.41, 5.74) is 2.99. The second-order valence-corrected chi connectivity index (χ2v) is 5.92. The summed E-state index contributed by atoms with van der Waals surface area (Å²) in [4.78, 5) is 15.2. The van der Waals surface area contributed by atoms with Crippen molar-refractivity contribution < 1.29 is 9.90 Å². The van der Waals surface area contributed by atoms with Crippen LogP contribution in [0, 0.1) is 0 Å². The smallest absolute Gasteiger partial charge is 0.317 e. The number of aliphatic carboxylic acids is 1. The quantitative estimate of drug-likeness (QED) is 0.888. The number of rotatable bonds is 5. The van der Waals surface area contributed by atoms with E-state index in [-0.39, 0.29) is 6.54 Å². The van der Waals surface area contributed by atoms with Crippen LogP contribution in [0.5, 0.6) is 0 Å². The van der Waals surface area contributed by atoms with Crippen LogP contribution in [0.25, 0.3) is 0 Å². The minimum atomic E-state index is -0.725. The Balaban J connectivity index is 1.56. The lowest BCUT2D eigenvalue weighted by Crippen LogP contribution is -2.47. The standard InChI is InChI=1S/C16H22N2O2/c19-16(20)12-18-9-7-17(8-10-18)11-14-3-1-2-4-15(14)13-5-6-13/h1-4,13H,5-12H2,(H,19,20). The number of hydrogen-bond donors (Lipinski definition) is 1. The minimum Gasteiger partial charge on any atom is -0.480 e. The fraction of sp³-hybridized carbons (Fsp3) is 0.562. The maximum absolute atomic E-state index is 10.7. The molecule has 1 saturated heterocycles. The van der Waals surface area contributed by atoms with Gasteiger partial charge in [-0.05, 0) is 29.9 Å². The van der Waals surface area contributed by atoms with Crippen LogP contribution < -0.4 is 0 Å². The van der Waals surface area contributed by atoms with Crippen LogP contribution in [0.3, 0.4) is 0 Å². The van der Waals surface area contributed by atoms with Crippen molar-refractivity contribution in [3.63, 3.8) is 0 Å². The van der Waals surface area contributed by atoms with Gasteiger partial charge in [0.15, 0.2) is 0 Å². The molecule has 1 heterocycles. The predicted octanol–water partition coefficient (Wildman–Crippen LogP) is 1.77. The highest BCUT2D eigenvalue weighted by molar-refractivity contribution is 5.69. The van der Waals surface area contributed by atoms with Gasteiger partial charge in [-0.1, -0.05) is 24.3 Å². The number of piperazine rings is 1. The third-order valence-corrected chi connectivity index (χ3v) is 4.29. The van der Waals surface area contributed by atoms with Gasteiger partial charge in [0.1, 0.15) is 0 Å². The fourth-order valence-corrected chi connectivity index (χ4v) is 3.01. The summed E-state index contributed by atoms with van der Waals surface area (Å²) < 4.78 is 0. The van der Waals surface area contributed by atoms with E-state index in [1.54, 1.807) is 0 Å². The van der Waals surface area contributed by atoms with Crippen molar-refractivity contribution in [1.82, 2.24) is 9.80 Å². The lowest BCUT2D eigenvalue weighted by molar-refractivity contribution is -0.138. The molecule has 0 amide bonds. The first-order chi connectivity index (χ1) is 9.72. The average Bonchev–Trinajstić information content (AvgIpc) is 3.25. The van der Waals surface area contributed by atoms with E-state index in [1.165, 1.54) is 24.0 Å². The van der Waals surface area contributed by atoms with E-state index in [2.05, 4.69) is 29.2 Å². The van der Waals surface area contributed by atoms with Gasteiger partial charge >= 0.3 is 5.97 Å². The average molecular weight is 274 g/mol. The predicted molar refractivity (Wildman–Crippen MR) is 77.8 cm³/mol. The molecule has 1 aromatic rings. The van der Waals surface area contributed by atoms with Gasteiger partial charge in [-0.2, -0.15) is 0 Å². The van der Waals surface area contributed by atoms with Gasteiger partial charge in [-0.15, -0.1) is 0 Å². The van der Waals surface area contributed by atoms with Crippen molar-refractivity contribution in [3.8, 4) is 0 Å². The summed E-state index contributed by atoms with van der Waals surface area (Å²) in [5.74, 6) is 0.0667. The number of carboxylic acids is 1. The first kappa shape index (κ1) is 13.6. The maximum atomic E-state index is 10.7. The number of carbonyl (C=O) groups is 1. The molecule has 0 radical (unpaired) electrons. The summed E-state index contributed by atoms with van der Waals surface area (Å²) >= 11 is 0. The van der Waals surface area contributed by atoms with Crippen molar-refractivity contribution in [2.24, 2.45) is 0 Å². The Bertz CT molecular complexity index is 477. The molecule has 1 aliphatic heterocycles. The van der Waals surface area contributed by atoms with E-state index < -0.39 is 5.97 Å². The summed E-state index contributed by atoms with van der Waals surface area (Å²) in [6, 6.07) is 8.79. The maximum Gasteiger partial charge on any atom is 0.317 e. The molecular formula is C16H22N2O2. The lowest BCUT2D eigenvalue weighted by atomic mass is 10.0. The Kier molecular flexibility index (Phi) is 4.03. The highest BCUT2D eigenvalue weighted by Gasteiger charge is 2.26. The lowest BCUT2D eigenvalue weighted by Gasteiger charge is -2.34. The Morgan fingerprint density at radius 2 is 1.75 bits per heavy atom. The number of nitrogens with zero attached hydrogens (tertiary/aromatic N) is 2. The second-order valence-electron chi connectivity index (χ2n) is 5.92. The van der Waals surface area contributed by atoms with Crippen molar-refractivity contribution in [1.29, 1.82) is 0 Å². The van der Waals surface area contributed by atoms with Gasteiger partial charge < -0.3 is 5.11 Å². The summed E-state index contributed by atoms with van der Waals surface area (Å²) in [6.45, 7) is 4.83. The van der Waals surface area contributed by atoms with E-state index in [0.29, 0.717) is 0 Å². The van der Waals surface area contributed by atoms with Crippen molar-refractivity contribution in [3.05, 3.63) is 35.4 Å². The van der Waals surface area contributed by atoms with Crippen LogP contribution in [-0.4, -0.2) is 53.6 Å². The molecule has 1 aromatic carbocycles. The Labute approximate surface area is 120 Å². The molecule has 2 aliphatic rings. The first-order valence-corrected chi connectivity index (χ1v) is 7.46. The van der Waals surface area contributed by atoms with Gasteiger partial charge in [0, 0.05) is 32.7 Å². The molecule has 4 heteroatoms. The van der Waals surface area contributed by atoms with E-state index in [0.717, 1.165) is 38.6 Å². The molecule has 1 saturated carbocycles. The van der Waals surface area contributed by atoms with Crippen LogP contribution in [-0.2, 0) is 11.3 Å². The van der Waals surface area contributed by atoms with Gasteiger partial charge in [-0.25, -0.2) is 0 Å².